The van der Waals surface area contributed by atoms with Crippen molar-refractivity contribution in [2.24, 2.45) is 23.7 Å². The van der Waals surface area contributed by atoms with Gasteiger partial charge in [0.1, 0.15) is 11.4 Å². The molecule has 3 bridgehead atoms. The van der Waals surface area contributed by atoms with Crippen molar-refractivity contribution >= 4 is 11.7 Å². The third kappa shape index (κ3) is 3.15. The Morgan fingerprint density at radius 2 is 1.82 bits per heavy atom. The Morgan fingerprint density at radius 1 is 1.07 bits per heavy atom. The Bertz CT molecular complexity index is 742. The number of hydrogen-bond donors (Lipinski definition) is 1. The molecule has 1 aliphatic heterocycles. The molecule has 1 saturated heterocycles. The molecule has 5 atom stereocenters. The Kier molecular flexibility index (Phi) is 4.48. The number of amides is 1. The second kappa shape index (κ2) is 6.77. The molecular weight excluding hydrogens is 348 g/mol. The van der Waals surface area contributed by atoms with Crippen molar-refractivity contribution in [1.29, 1.82) is 0 Å². The maximum atomic E-state index is 13.4. The molecule has 4 fully saturated rings. The topological polar surface area (TPSA) is 50.2 Å². The first kappa shape index (κ1) is 18.5. The van der Waals surface area contributed by atoms with E-state index in [1.807, 2.05) is 6.20 Å². The van der Waals surface area contributed by atoms with E-state index in [-0.39, 0.29) is 11.4 Å². The smallest absolute Gasteiger partial charge is 0.256 e. The molecule has 5 rings (SSSR count). The molecule has 3 saturated carbocycles. The summed E-state index contributed by atoms with van der Waals surface area (Å²) in [6.45, 7) is 8.56. The highest BCUT2D eigenvalue weighted by Crippen LogP contribution is 2.53. The van der Waals surface area contributed by atoms with Crippen molar-refractivity contribution in [3.63, 3.8) is 0 Å². The van der Waals surface area contributed by atoms with E-state index >= 15 is 0 Å². The van der Waals surface area contributed by atoms with Gasteiger partial charge in [-0.05, 0) is 95.8 Å². The first-order chi connectivity index (χ1) is 13.4. The van der Waals surface area contributed by atoms with E-state index in [4.69, 9.17) is 0 Å². The Labute approximate surface area is 169 Å². The molecule has 5 unspecified atom stereocenters. The second-order valence-electron chi connectivity index (χ2n) is 10.9. The molecule has 1 N–H and O–H groups in total. The minimum atomic E-state index is -0.128. The highest BCUT2D eigenvalue weighted by atomic mass is 16.1. The average Bonchev–Trinajstić information content (AvgIpc) is 3.34. The molecule has 0 aromatic carbocycles. The third-order valence-electron chi connectivity index (χ3n) is 7.90. The summed E-state index contributed by atoms with van der Waals surface area (Å²) >= 11 is 0. The molecular formula is C23H36N4O. The fourth-order valence-corrected chi connectivity index (χ4v) is 6.75. The van der Waals surface area contributed by atoms with E-state index in [2.05, 4.69) is 40.8 Å². The number of fused-ring (bicyclic) bond motifs is 2. The molecule has 1 aromatic rings. The molecule has 0 radical (unpaired) electrons. The lowest BCUT2D eigenvalue weighted by Gasteiger charge is -2.29. The van der Waals surface area contributed by atoms with Crippen molar-refractivity contribution in [2.75, 3.05) is 18.0 Å². The predicted molar refractivity (Wildman–Crippen MR) is 112 cm³/mol. The summed E-state index contributed by atoms with van der Waals surface area (Å²) < 4.78 is 2.06. The van der Waals surface area contributed by atoms with Crippen LogP contribution in [0.25, 0.3) is 0 Å². The van der Waals surface area contributed by atoms with Gasteiger partial charge in [0, 0.05) is 19.1 Å². The van der Waals surface area contributed by atoms with Crippen LogP contribution in [0, 0.1) is 23.7 Å². The van der Waals surface area contributed by atoms with Gasteiger partial charge < -0.3 is 10.2 Å². The molecule has 1 amide bonds. The summed E-state index contributed by atoms with van der Waals surface area (Å²) in [7, 11) is 0. The number of hydrogen-bond acceptors (Lipinski definition) is 3. The van der Waals surface area contributed by atoms with E-state index < -0.39 is 0 Å². The zero-order valence-corrected chi connectivity index (χ0v) is 17.8. The maximum absolute atomic E-state index is 13.4. The molecule has 154 valence electrons. The van der Waals surface area contributed by atoms with Crippen LogP contribution in [0.15, 0.2) is 6.20 Å². The molecule has 5 heteroatoms. The molecule has 28 heavy (non-hydrogen) atoms. The summed E-state index contributed by atoms with van der Waals surface area (Å²) in [5.74, 6) is 4.53. The monoisotopic (exact) mass is 384 g/mol. The van der Waals surface area contributed by atoms with Gasteiger partial charge in [0.05, 0.1) is 11.7 Å². The fraction of sp³-hybridized carbons (Fsp3) is 0.826. The molecule has 3 aliphatic carbocycles. The average molecular weight is 385 g/mol. The lowest BCUT2D eigenvalue weighted by Crippen LogP contribution is -2.41. The van der Waals surface area contributed by atoms with Crippen LogP contribution in [-0.4, -0.2) is 34.8 Å². The van der Waals surface area contributed by atoms with Gasteiger partial charge >= 0.3 is 0 Å². The first-order valence-electron chi connectivity index (χ1n) is 11.5. The summed E-state index contributed by atoms with van der Waals surface area (Å²) in [5, 5.41) is 8.16. The maximum Gasteiger partial charge on any atom is 0.256 e. The Hall–Kier alpha value is -1.52. The van der Waals surface area contributed by atoms with Gasteiger partial charge in [0.25, 0.3) is 5.91 Å². The SMILES string of the molecule is CC(C)(C)n1ncc(C(=O)NC2CCC3CC4CC(C3)C2C4)c1N1CCCC1. The third-order valence-corrected chi connectivity index (χ3v) is 7.90. The zero-order valence-electron chi connectivity index (χ0n) is 17.8. The Morgan fingerprint density at radius 3 is 2.57 bits per heavy atom. The van der Waals surface area contributed by atoms with Crippen LogP contribution in [0.4, 0.5) is 5.82 Å². The predicted octanol–water partition coefficient (Wildman–Crippen LogP) is 4.18. The van der Waals surface area contributed by atoms with Gasteiger partial charge in [-0.25, -0.2) is 4.68 Å². The van der Waals surface area contributed by atoms with Gasteiger partial charge in [-0.15, -0.1) is 0 Å². The van der Waals surface area contributed by atoms with Gasteiger partial charge in [0.15, 0.2) is 0 Å². The number of anilines is 1. The number of carbonyl (C=O) groups excluding carboxylic acids is 1. The highest BCUT2D eigenvalue weighted by molar-refractivity contribution is 5.99. The largest absolute Gasteiger partial charge is 0.356 e. The van der Waals surface area contributed by atoms with Crippen molar-refractivity contribution in [3.05, 3.63) is 11.8 Å². The number of nitrogens with one attached hydrogen (secondary N) is 1. The fourth-order valence-electron chi connectivity index (χ4n) is 6.75. The Balaban J connectivity index is 1.40. The minimum absolute atomic E-state index is 0.101. The minimum Gasteiger partial charge on any atom is -0.356 e. The van der Waals surface area contributed by atoms with Crippen LogP contribution in [-0.2, 0) is 5.54 Å². The van der Waals surface area contributed by atoms with E-state index in [0.717, 1.165) is 48.6 Å². The van der Waals surface area contributed by atoms with Crippen molar-refractivity contribution in [3.8, 4) is 0 Å². The van der Waals surface area contributed by atoms with Gasteiger partial charge in [0.2, 0.25) is 0 Å². The van der Waals surface area contributed by atoms with Crippen molar-refractivity contribution < 1.29 is 4.79 Å². The van der Waals surface area contributed by atoms with Crippen LogP contribution in [0.1, 0.15) is 82.5 Å². The quantitative estimate of drug-likeness (QED) is 0.850. The highest BCUT2D eigenvalue weighted by Gasteiger charge is 2.46. The van der Waals surface area contributed by atoms with Gasteiger partial charge in [-0.2, -0.15) is 5.10 Å². The van der Waals surface area contributed by atoms with Crippen molar-refractivity contribution in [1.82, 2.24) is 15.1 Å². The number of nitrogens with zero attached hydrogens (tertiary/aromatic N) is 3. The number of aromatic nitrogens is 2. The zero-order chi connectivity index (χ0) is 19.5. The number of carbonyl (C=O) groups is 1. The van der Waals surface area contributed by atoms with E-state index in [1.54, 1.807) is 0 Å². The lowest BCUT2D eigenvalue weighted by molar-refractivity contribution is 0.0913. The molecule has 0 spiro atoms. The van der Waals surface area contributed by atoms with E-state index in [1.165, 1.54) is 44.9 Å². The summed E-state index contributed by atoms with van der Waals surface area (Å²) in [6.07, 6.45) is 12.3. The van der Waals surface area contributed by atoms with E-state index in [9.17, 15) is 4.79 Å². The van der Waals surface area contributed by atoms with Crippen LogP contribution in [0.2, 0.25) is 0 Å². The van der Waals surface area contributed by atoms with Crippen LogP contribution < -0.4 is 10.2 Å². The molecule has 5 nitrogen and oxygen atoms in total. The van der Waals surface area contributed by atoms with Crippen LogP contribution in [0.5, 0.6) is 0 Å². The second-order valence-corrected chi connectivity index (χ2v) is 10.9. The summed E-state index contributed by atoms with van der Waals surface area (Å²) in [6, 6.07) is 0.359. The van der Waals surface area contributed by atoms with Gasteiger partial charge in [-0.3, -0.25) is 4.79 Å². The van der Waals surface area contributed by atoms with Gasteiger partial charge in [-0.1, -0.05) is 0 Å². The lowest BCUT2D eigenvalue weighted by atomic mass is 9.80. The molecule has 1 aromatic heterocycles. The van der Waals surface area contributed by atoms with Crippen molar-refractivity contribution in [2.45, 2.75) is 83.7 Å². The number of rotatable bonds is 3. The molecule has 2 heterocycles. The molecule has 4 aliphatic rings. The standard InChI is InChI=1S/C23H36N4O/c1-23(2,3)27-22(26-8-4-5-9-26)19(14-24-27)21(28)25-20-7-6-15-10-16-12-17(11-15)18(20)13-16/h14-18,20H,4-13H2,1-3H3,(H,25,28). The van der Waals surface area contributed by atoms with Crippen LogP contribution >= 0.6 is 0 Å². The summed E-state index contributed by atoms with van der Waals surface area (Å²) in [4.78, 5) is 15.8. The summed E-state index contributed by atoms with van der Waals surface area (Å²) in [5.41, 5.74) is 0.650. The van der Waals surface area contributed by atoms with E-state index in [0.29, 0.717) is 12.0 Å². The first-order valence-corrected chi connectivity index (χ1v) is 11.5. The van der Waals surface area contributed by atoms with Crippen LogP contribution in [0.3, 0.4) is 0 Å². The normalized spacial score (nSPS) is 34.7.